The van der Waals surface area contributed by atoms with Gasteiger partial charge in [0.05, 0.1) is 11.4 Å². The Morgan fingerprint density at radius 3 is 2.57 bits per heavy atom. The Hall–Kier alpha value is -2.20. The summed E-state index contributed by atoms with van der Waals surface area (Å²) in [7, 11) is 0. The van der Waals surface area contributed by atoms with Gasteiger partial charge in [0, 0.05) is 24.2 Å². The van der Waals surface area contributed by atoms with E-state index in [4.69, 9.17) is 10.7 Å². The molecule has 0 bridgehead atoms. The highest BCUT2D eigenvalue weighted by Gasteiger charge is 2.18. The van der Waals surface area contributed by atoms with Crippen molar-refractivity contribution in [2.45, 2.75) is 19.8 Å². The van der Waals surface area contributed by atoms with Gasteiger partial charge < -0.3 is 10.1 Å². The predicted octanol–water partition coefficient (Wildman–Crippen LogP) is 3.51. The van der Waals surface area contributed by atoms with E-state index in [1.165, 1.54) is 12.1 Å². The van der Waals surface area contributed by atoms with Gasteiger partial charge >= 0.3 is 0 Å². The number of aromatic nitrogens is 2. The first-order valence-corrected chi connectivity index (χ1v) is 7.04. The van der Waals surface area contributed by atoms with Crippen LogP contribution < -0.4 is 5.73 Å². The van der Waals surface area contributed by atoms with Gasteiger partial charge in [-0.3, -0.25) is 0 Å². The normalized spacial score (nSPS) is 12.8. The van der Waals surface area contributed by atoms with E-state index in [0.29, 0.717) is 6.54 Å². The van der Waals surface area contributed by atoms with Crippen molar-refractivity contribution in [3.05, 3.63) is 59.7 Å². The summed E-state index contributed by atoms with van der Waals surface area (Å²) in [5.41, 5.74) is 10.8. The molecule has 3 nitrogen and oxygen atoms in total. The fourth-order valence-corrected chi connectivity index (χ4v) is 2.57. The van der Waals surface area contributed by atoms with Gasteiger partial charge in [-0.1, -0.05) is 13.0 Å². The lowest BCUT2D eigenvalue weighted by Crippen LogP contribution is -2.12. The van der Waals surface area contributed by atoms with Crippen LogP contribution in [0.25, 0.3) is 16.9 Å². The number of fused-ring (bicyclic) bond motifs is 1. The highest BCUT2D eigenvalue weighted by molar-refractivity contribution is 5.67. The highest BCUT2D eigenvalue weighted by Crippen LogP contribution is 2.30. The number of rotatable bonds is 3. The van der Waals surface area contributed by atoms with Gasteiger partial charge in [0.1, 0.15) is 11.5 Å². The quantitative estimate of drug-likeness (QED) is 0.799. The fraction of sp³-hybridized carbons (Fsp3) is 0.235. The molecule has 1 unspecified atom stereocenters. The maximum absolute atomic E-state index is 13.1. The van der Waals surface area contributed by atoms with Crippen LogP contribution in [0.2, 0.25) is 0 Å². The van der Waals surface area contributed by atoms with Crippen molar-refractivity contribution in [3.8, 4) is 11.3 Å². The molecule has 21 heavy (non-hydrogen) atoms. The molecule has 0 fully saturated rings. The van der Waals surface area contributed by atoms with E-state index >= 15 is 0 Å². The van der Waals surface area contributed by atoms with Crippen molar-refractivity contribution in [2.75, 3.05) is 6.54 Å². The van der Waals surface area contributed by atoms with Crippen LogP contribution in [0, 0.1) is 12.7 Å². The Kier molecular flexibility index (Phi) is 3.47. The summed E-state index contributed by atoms with van der Waals surface area (Å²) in [5.74, 6) is -0.0753. The number of nitrogens with two attached hydrogens (primary N) is 1. The molecule has 2 heterocycles. The molecule has 1 aromatic carbocycles. The van der Waals surface area contributed by atoms with Crippen LogP contribution in [0.4, 0.5) is 4.39 Å². The van der Waals surface area contributed by atoms with E-state index in [9.17, 15) is 4.39 Å². The summed E-state index contributed by atoms with van der Waals surface area (Å²) in [6.07, 6.45) is 2.07. The zero-order chi connectivity index (χ0) is 15.0. The minimum absolute atomic E-state index is 0.168. The number of aryl methyl sites for hydroxylation is 1. The summed E-state index contributed by atoms with van der Waals surface area (Å²) in [6.45, 7) is 4.67. The minimum atomic E-state index is -0.244. The van der Waals surface area contributed by atoms with E-state index in [0.717, 1.165) is 28.2 Å². The second-order valence-electron chi connectivity index (χ2n) is 5.42. The third-order valence-electron chi connectivity index (χ3n) is 3.74. The lowest BCUT2D eigenvalue weighted by molar-refractivity contribution is 0.628. The van der Waals surface area contributed by atoms with Gasteiger partial charge in [-0.15, -0.1) is 0 Å². The van der Waals surface area contributed by atoms with Crippen LogP contribution in [0.3, 0.4) is 0 Å². The van der Waals surface area contributed by atoms with Crippen molar-refractivity contribution in [1.29, 1.82) is 0 Å². The van der Waals surface area contributed by atoms with E-state index < -0.39 is 0 Å². The van der Waals surface area contributed by atoms with Crippen LogP contribution in [0.1, 0.15) is 24.1 Å². The molecule has 0 radical (unpaired) electrons. The minimum Gasteiger partial charge on any atom is -0.330 e. The first-order chi connectivity index (χ1) is 10.1. The maximum atomic E-state index is 13.1. The number of nitrogens with zero attached hydrogens (tertiary/aromatic N) is 2. The zero-order valence-electron chi connectivity index (χ0n) is 12.2. The number of imidazole rings is 1. The van der Waals surface area contributed by atoms with Crippen molar-refractivity contribution in [1.82, 2.24) is 9.38 Å². The Bertz CT molecular complexity index is 775. The highest BCUT2D eigenvalue weighted by atomic mass is 19.1. The molecule has 1 atom stereocenters. The number of hydrogen-bond donors (Lipinski definition) is 1. The number of halogens is 1. The van der Waals surface area contributed by atoms with Crippen LogP contribution in [0.5, 0.6) is 0 Å². The van der Waals surface area contributed by atoms with Crippen LogP contribution in [-0.2, 0) is 0 Å². The van der Waals surface area contributed by atoms with Crippen LogP contribution in [0.15, 0.2) is 42.6 Å². The van der Waals surface area contributed by atoms with Crippen molar-refractivity contribution in [2.24, 2.45) is 5.73 Å². The summed E-state index contributed by atoms with van der Waals surface area (Å²) in [6, 6.07) is 10.5. The van der Waals surface area contributed by atoms with Gasteiger partial charge in [-0.05, 0) is 42.8 Å². The van der Waals surface area contributed by atoms with Gasteiger partial charge in [0.25, 0.3) is 0 Å². The molecule has 108 valence electrons. The Morgan fingerprint density at radius 1 is 1.19 bits per heavy atom. The molecule has 0 saturated carbocycles. The molecular formula is C17H18FN3. The molecule has 4 heteroatoms. The smallest absolute Gasteiger partial charge is 0.137 e. The third-order valence-corrected chi connectivity index (χ3v) is 3.74. The molecule has 0 aliphatic heterocycles. The number of benzene rings is 1. The van der Waals surface area contributed by atoms with Crippen molar-refractivity contribution >= 4 is 5.65 Å². The molecule has 0 aliphatic carbocycles. The molecular weight excluding hydrogens is 265 g/mol. The van der Waals surface area contributed by atoms with Crippen LogP contribution >= 0.6 is 0 Å². The SMILES string of the molecule is Cc1ccc2nc(-c3ccc(F)cc3)c(C(C)CN)n2c1. The molecule has 2 N–H and O–H groups in total. The molecule has 0 amide bonds. The number of hydrogen-bond acceptors (Lipinski definition) is 2. The van der Waals surface area contributed by atoms with Crippen molar-refractivity contribution < 1.29 is 4.39 Å². The first-order valence-electron chi connectivity index (χ1n) is 7.04. The molecule has 2 aromatic heterocycles. The Labute approximate surface area is 123 Å². The molecule has 3 rings (SSSR count). The standard InChI is InChI=1S/C17H18FN3/c1-11-3-8-15-20-16(13-4-6-14(18)7-5-13)17(12(2)9-19)21(15)10-11/h3-8,10,12H,9,19H2,1-2H3. The average molecular weight is 283 g/mol. The second-order valence-corrected chi connectivity index (χ2v) is 5.42. The predicted molar refractivity (Wildman–Crippen MR) is 82.8 cm³/mol. The average Bonchev–Trinajstić information content (AvgIpc) is 2.85. The molecule has 0 spiro atoms. The maximum Gasteiger partial charge on any atom is 0.137 e. The Morgan fingerprint density at radius 2 is 1.90 bits per heavy atom. The monoisotopic (exact) mass is 283 g/mol. The number of pyridine rings is 1. The molecule has 3 aromatic rings. The van der Waals surface area contributed by atoms with Crippen molar-refractivity contribution in [3.63, 3.8) is 0 Å². The first kappa shape index (κ1) is 13.8. The topological polar surface area (TPSA) is 43.3 Å². The Balaban J connectivity index is 2.28. The van der Waals surface area contributed by atoms with Gasteiger partial charge in [0.15, 0.2) is 0 Å². The molecule has 0 aliphatic rings. The summed E-state index contributed by atoms with van der Waals surface area (Å²) >= 11 is 0. The third kappa shape index (κ3) is 2.43. The van der Waals surface area contributed by atoms with E-state index in [1.807, 2.05) is 19.1 Å². The fourth-order valence-electron chi connectivity index (χ4n) is 2.57. The molecule has 0 saturated heterocycles. The van der Waals surface area contributed by atoms with E-state index in [-0.39, 0.29) is 11.7 Å². The largest absolute Gasteiger partial charge is 0.330 e. The summed E-state index contributed by atoms with van der Waals surface area (Å²) in [5, 5.41) is 0. The van der Waals surface area contributed by atoms with Gasteiger partial charge in [-0.2, -0.15) is 0 Å². The zero-order valence-corrected chi connectivity index (χ0v) is 12.2. The second kappa shape index (κ2) is 5.30. The lowest BCUT2D eigenvalue weighted by atomic mass is 10.0. The van der Waals surface area contributed by atoms with Crippen LogP contribution in [-0.4, -0.2) is 15.9 Å². The van der Waals surface area contributed by atoms with E-state index in [2.05, 4.69) is 17.5 Å². The summed E-state index contributed by atoms with van der Waals surface area (Å²) in [4.78, 5) is 4.71. The van der Waals surface area contributed by atoms with E-state index in [1.54, 1.807) is 12.1 Å². The summed E-state index contributed by atoms with van der Waals surface area (Å²) < 4.78 is 15.2. The van der Waals surface area contributed by atoms with Gasteiger partial charge in [0.2, 0.25) is 0 Å². The lowest BCUT2D eigenvalue weighted by Gasteiger charge is -2.12. The van der Waals surface area contributed by atoms with Gasteiger partial charge in [-0.25, -0.2) is 9.37 Å².